The van der Waals surface area contributed by atoms with Crippen molar-refractivity contribution in [1.82, 2.24) is 5.32 Å². The summed E-state index contributed by atoms with van der Waals surface area (Å²) in [6.45, 7) is 34.8. The Bertz CT molecular complexity index is 997. The summed E-state index contributed by atoms with van der Waals surface area (Å²) in [6, 6.07) is 18.5. The van der Waals surface area contributed by atoms with Gasteiger partial charge in [-0.25, -0.2) is 0 Å². The van der Waals surface area contributed by atoms with Gasteiger partial charge in [0.2, 0.25) is 0 Å². The number of rotatable bonds is 11. The Hall–Kier alpha value is -3.01. The van der Waals surface area contributed by atoms with E-state index in [0.29, 0.717) is 0 Å². The topological polar surface area (TPSA) is 50.4 Å². The molecule has 3 N–H and O–H groups in total. The number of hydrogen-bond donors (Lipinski definition) is 2. The third-order valence-electron chi connectivity index (χ3n) is 5.83. The van der Waals surface area contributed by atoms with Gasteiger partial charge in [0, 0.05) is 11.3 Å². The van der Waals surface area contributed by atoms with Gasteiger partial charge in [-0.3, -0.25) is 10.3 Å². The molecule has 0 heterocycles. The molecule has 1 unspecified atom stereocenters. The maximum absolute atomic E-state index is 5.97. The standard InChI is InChI=1S/C19H25N.C12H20N2.C3H6.3C2H6/c1-7-14(3)13-19(20-17(6)15(4)8-2)18-12-10-9-11-16(18)5;1-2-3-7-10-14-12(13)11-8-5-4-6-9-11;1-3-2;3*1-2/h8-13H,2,7H2,1,3-6H3;4-6,8-9,12,14H,2-3,7,10,13H2,1H3;3H,1H2,2H3;3*1-2H3/b14-13-,17-15+,20-19+;;;;;. The molecule has 2 rings (SSSR count). The number of hydrogen-bond acceptors (Lipinski definition) is 3. The van der Waals surface area contributed by atoms with E-state index in [2.05, 4.69) is 88.6 Å². The second kappa shape index (κ2) is 35.2. The zero-order valence-electron chi connectivity index (χ0n) is 30.5. The highest BCUT2D eigenvalue weighted by atomic mass is 15.0. The van der Waals surface area contributed by atoms with E-state index in [-0.39, 0.29) is 6.17 Å². The van der Waals surface area contributed by atoms with Gasteiger partial charge < -0.3 is 5.73 Å². The Balaban J connectivity index is -0.000000288. The predicted octanol–water partition coefficient (Wildman–Crippen LogP) is 12.3. The summed E-state index contributed by atoms with van der Waals surface area (Å²) in [5.41, 5.74) is 14.0. The molecule has 0 spiro atoms. The van der Waals surface area contributed by atoms with E-state index in [1.54, 1.807) is 6.08 Å². The Morgan fingerprint density at radius 1 is 0.860 bits per heavy atom. The second-order valence-corrected chi connectivity index (χ2v) is 9.09. The summed E-state index contributed by atoms with van der Waals surface area (Å²) in [5.74, 6) is 0. The van der Waals surface area contributed by atoms with Crippen molar-refractivity contribution >= 4 is 5.71 Å². The lowest BCUT2D eigenvalue weighted by atomic mass is 10.0. The molecule has 0 aliphatic heterocycles. The fourth-order valence-corrected chi connectivity index (χ4v) is 3.19. The first-order chi connectivity index (χ1) is 20.7. The largest absolute Gasteiger partial charge is 0.312 e. The lowest BCUT2D eigenvalue weighted by Crippen LogP contribution is -2.29. The average Bonchev–Trinajstić information content (AvgIpc) is 3.06. The van der Waals surface area contributed by atoms with E-state index < -0.39 is 0 Å². The van der Waals surface area contributed by atoms with Gasteiger partial charge in [-0.2, -0.15) is 0 Å². The number of nitrogens with zero attached hydrogens (tertiary/aromatic N) is 1. The zero-order valence-corrected chi connectivity index (χ0v) is 30.5. The van der Waals surface area contributed by atoms with Gasteiger partial charge in [0.25, 0.3) is 0 Å². The molecule has 1 atom stereocenters. The van der Waals surface area contributed by atoms with E-state index in [4.69, 9.17) is 10.7 Å². The first-order valence-corrected chi connectivity index (χ1v) is 16.5. The van der Waals surface area contributed by atoms with Crippen LogP contribution in [-0.2, 0) is 0 Å². The summed E-state index contributed by atoms with van der Waals surface area (Å²) in [7, 11) is 0. The molecule has 244 valence electrons. The molecule has 0 radical (unpaired) electrons. The smallest absolute Gasteiger partial charge is 0.0810 e. The van der Waals surface area contributed by atoms with Gasteiger partial charge in [-0.05, 0) is 76.8 Å². The molecule has 2 aromatic carbocycles. The number of benzene rings is 2. The van der Waals surface area contributed by atoms with Crippen LogP contribution in [0.3, 0.4) is 0 Å². The van der Waals surface area contributed by atoms with Crippen molar-refractivity contribution in [2.24, 2.45) is 10.7 Å². The number of aliphatic imine (C=N–C) groups is 1. The average molecular weight is 592 g/mol. The molecule has 2 aromatic rings. The molecular weight excluding hydrogens is 522 g/mol. The number of unbranched alkanes of at least 4 members (excludes halogenated alkanes) is 2. The summed E-state index contributed by atoms with van der Waals surface area (Å²) in [6.07, 6.45) is 10.5. The maximum atomic E-state index is 5.97. The Kier molecular flexibility index (Phi) is 38.4. The van der Waals surface area contributed by atoms with E-state index in [1.807, 2.05) is 86.6 Å². The van der Waals surface area contributed by atoms with Crippen LogP contribution in [0, 0.1) is 6.92 Å². The minimum absolute atomic E-state index is 0.0203. The number of nitrogens with one attached hydrogen (secondary N) is 1. The highest BCUT2D eigenvalue weighted by Crippen LogP contribution is 2.15. The normalized spacial score (nSPS) is 11.4. The third kappa shape index (κ3) is 25.2. The molecular formula is C40H69N3. The fraction of sp³-hybridized carbons (Fsp3) is 0.475. The van der Waals surface area contributed by atoms with E-state index in [9.17, 15) is 0 Å². The summed E-state index contributed by atoms with van der Waals surface area (Å²) in [5, 5.41) is 3.31. The highest BCUT2D eigenvalue weighted by Gasteiger charge is 2.05. The molecule has 0 aliphatic carbocycles. The molecule has 3 heteroatoms. The van der Waals surface area contributed by atoms with Crippen molar-refractivity contribution in [3.05, 3.63) is 120 Å². The zero-order chi connectivity index (χ0) is 34.1. The molecule has 0 aliphatic rings. The molecule has 0 amide bonds. The van der Waals surface area contributed by atoms with Crippen LogP contribution in [0.2, 0.25) is 0 Å². The quantitative estimate of drug-likeness (QED) is 0.0897. The number of allylic oxidation sites excluding steroid dienone is 6. The lowest BCUT2D eigenvalue weighted by Gasteiger charge is -2.13. The van der Waals surface area contributed by atoms with Crippen molar-refractivity contribution in [3.8, 4) is 0 Å². The molecule has 0 bridgehead atoms. The minimum atomic E-state index is -0.0203. The van der Waals surface area contributed by atoms with Crippen LogP contribution in [0.5, 0.6) is 0 Å². The molecule has 3 nitrogen and oxygen atoms in total. The SMILES string of the molecule is C=C/C(C)=C(C)/N=C(\C=C(\C)CC)c1ccccc1C.C=CC.CC.CC.CC.CCCCCNC(N)c1ccccc1. The van der Waals surface area contributed by atoms with Crippen LogP contribution in [0.15, 0.2) is 108 Å². The Morgan fingerprint density at radius 3 is 1.84 bits per heavy atom. The van der Waals surface area contributed by atoms with Crippen LogP contribution >= 0.6 is 0 Å². The Morgan fingerprint density at radius 2 is 1.37 bits per heavy atom. The van der Waals surface area contributed by atoms with Crippen molar-refractivity contribution in [3.63, 3.8) is 0 Å². The van der Waals surface area contributed by atoms with Crippen molar-refractivity contribution in [2.75, 3.05) is 6.54 Å². The van der Waals surface area contributed by atoms with Gasteiger partial charge in [-0.15, -0.1) is 6.58 Å². The van der Waals surface area contributed by atoms with Crippen molar-refractivity contribution < 1.29 is 0 Å². The first kappa shape index (κ1) is 46.9. The molecule has 0 saturated carbocycles. The molecule has 0 saturated heterocycles. The summed E-state index contributed by atoms with van der Waals surface area (Å²) < 4.78 is 0. The summed E-state index contributed by atoms with van der Waals surface area (Å²) >= 11 is 0. The monoisotopic (exact) mass is 592 g/mol. The van der Waals surface area contributed by atoms with Crippen LogP contribution in [0.25, 0.3) is 0 Å². The van der Waals surface area contributed by atoms with Crippen LogP contribution < -0.4 is 11.1 Å². The van der Waals surface area contributed by atoms with E-state index in [0.717, 1.165) is 35.5 Å². The molecule has 43 heavy (non-hydrogen) atoms. The first-order valence-electron chi connectivity index (χ1n) is 16.5. The summed E-state index contributed by atoms with van der Waals surface area (Å²) in [4.78, 5) is 4.81. The third-order valence-corrected chi connectivity index (χ3v) is 5.83. The van der Waals surface area contributed by atoms with Gasteiger partial charge in [0.05, 0.1) is 11.9 Å². The maximum Gasteiger partial charge on any atom is 0.0810 e. The van der Waals surface area contributed by atoms with Crippen LogP contribution in [0.4, 0.5) is 0 Å². The highest BCUT2D eigenvalue weighted by molar-refractivity contribution is 6.10. The van der Waals surface area contributed by atoms with Crippen molar-refractivity contribution in [2.45, 2.75) is 122 Å². The fourth-order valence-electron chi connectivity index (χ4n) is 3.19. The Labute approximate surface area is 269 Å². The molecule has 0 fully saturated rings. The number of aryl methyl sites for hydroxylation is 1. The van der Waals surface area contributed by atoms with Gasteiger partial charge in [0.1, 0.15) is 0 Å². The van der Waals surface area contributed by atoms with Crippen LogP contribution in [-0.4, -0.2) is 12.3 Å². The predicted molar refractivity (Wildman–Crippen MR) is 201 cm³/mol. The van der Waals surface area contributed by atoms with Gasteiger partial charge in [-0.1, -0.05) is 147 Å². The van der Waals surface area contributed by atoms with Crippen molar-refractivity contribution in [1.29, 1.82) is 0 Å². The molecule has 0 aromatic heterocycles. The van der Waals surface area contributed by atoms with Crippen LogP contribution in [0.1, 0.15) is 132 Å². The van der Waals surface area contributed by atoms with E-state index in [1.165, 1.54) is 36.0 Å². The van der Waals surface area contributed by atoms with E-state index >= 15 is 0 Å². The minimum Gasteiger partial charge on any atom is -0.312 e. The number of nitrogens with two attached hydrogens (primary N) is 1. The lowest BCUT2D eigenvalue weighted by molar-refractivity contribution is 0.527. The second-order valence-electron chi connectivity index (χ2n) is 9.09. The van der Waals surface area contributed by atoms with Gasteiger partial charge in [0.15, 0.2) is 0 Å². The van der Waals surface area contributed by atoms with Gasteiger partial charge >= 0.3 is 0 Å².